The van der Waals surface area contributed by atoms with Crippen LogP contribution in [0.4, 0.5) is 0 Å². The number of halogens is 1. The summed E-state index contributed by atoms with van der Waals surface area (Å²) in [6.07, 6.45) is 5.76. The third kappa shape index (κ3) is 7.13. The molecule has 0 saturated carbocycles. The fraction of sp³-hybridized carbons (Fsp3) is 0.0870. The molecule has 164 valence electrons. The quantitative estimate of drug-likeness (QED) is 0.156. The van der Waals surface area contributed by atoms with E-state index in [1.165, 1.54) is 31.7 Å². The summed E-state index contributed by atoms with van der Waals surface area (Å²) in [5.41, 5.74) is 3.08. The van der Waals surface area contributed by atoms with Crippen LogP contribution in [0.3, 0.4) is 0 Å². The number of methoxy groups -OCH3 is 1. The van der Waals surface area contributed by atoms with Gasteiger partial charge in [-0.15, -0.1) is 0 Å². The van der Waals surface area contributed by atoms with Crippen molar-refractivity contribution in [2.75, 3.05) is 13.7 Å². The molecule has 1 aromatic heterocycles. The van der Waals surface area contributed by atoms with Crippen LogP contribution < -0.4 is 19.6 Å². The van der Waals surface area contributed by atoms with Gasteiger partial charge in [0.2, 0.25) is 0 Å². The zero-order valence-corrected chi connectivity index (χ0v) is 18.6. The smallest absolute Gasteiger partial charge is 0.336 e. The summed E-state index contributed by atoms with van der Waals surface area (Å²) in [7, 11) is 1.52. The summed E-state index contributed by atoms with van der Waals surface area (Å²) in [5.74, 6) is 0.915. The Morgan fingerprint density at radius 3 is 2.66 bits per heavy atom. The Labute approximate surface area is 192 Å². The number of benzene rings is 2. The summed E-state index contributed by atoms with van der Waals surface area (Å²) in [5, 5.41) is 3.89. The van der Waals surface area contributed by atoms with Crippen LogP contribution in [0.25, 0.3) is 6.08 Å². The van der Waals surface area contributed by atoms with Crippen molar-refractivity contribution in [3.63, 3.8) is 0 Å². The molecule has 3 rings (SSSR count). The number of carbonyl (C=O) groups is 2. The molecule has 0 unspecified atom stereocenters. The van der Waals surface area contributed by atoms with Gasteiger partial charge in [0.15, 0.2) is 18.1 Å². The largest absolute Gasteiger partial charge is 0.493 e. The topological polar surface area (TPSA) is 99.4 Å². The molecule has 0 radical (unpaired) electrons. The zero-order chi connectivity index (χ0) is 22.8. The summed E-state index contributed by atoms with van der Waals surface area (Å²) < 4.78 is 21.8. The number of nitrogens with zero attached hydrogens (tertiary/aromatic N) is 1. The van der Waals surface area contributed by atoms with Gasteiger partial charge in [-0.05, 0) is 66.2 Å². The number of hydrazone groups is 1. The van der Waals surface area contributed by atoms with Crippen LogP contribution in [0.1, 0.15) is 11.3 Å². The molecule has 0 spiro atoms. The molecule has 9 heteroatoms. The molecule has 1 heterocycles. The minimum absolute atomic E-state index is 0.226. The summed E-state index contributed by atoms with van der Waals surface area (Å²) in [6, 6.07) is 15.3. The van der Waals surface area contributed by atoms with Gasteiger partial charge in [-0.1, -0.05) is 15.9 Å². The van der Waals surface area contributed by atoms with Crippen LogP contribution in [0.5, 0.6) is 17.2 Å². The standard InChI is InChI=1S/C23H19BrN2O6/c1-29-21-13-17(24)6-10-20(21)31-15-22(27)26-25-14-16-4-7-19(8-5-16)32-23(28)11-9-18-3-2-12-30-18/h2-14H,15H2,1H3,(H,26,27)/b11-9+,25-14+. The first-order chi connectivity index (χ1) is 15.5. The minimum atomic E-state index is -0.530. The normalized spacial score (nSPS) is 10.9. The van der Waals surface area contributed by atoms with Crippen molar-refractivity contribution < 1.29 is 28.2 Å². The van der Waals surface area contributed by atoms with Gasteiger partial charge in [-0.3, -0.25) is 4.79 Å². The summed E-state index contributed by atoms with van der Waals surface area (Å²) in [4.78, 5) is 23.7. The Hall–Kier alpha value is -3.85. The second-order valence-corrected chi connectivity index (χ2v) is 7.13. The Morgan fingerprint density at radius 1 is 1.12 bits per heavy atom. The number of hydrogen-bond donors (Lipinski definition) is 1. The van der Waals surface area contributed by atoms with Crippen molar-refractivity contribution in [3.05, 3.63) is 82.7 Å². The molecule has 3 aromatic rings. The van der Waals surface area contributed by atoms with Gasteiger partial charge in [0.1, 0.15) is 11.5 Å². The first-order valence-corrected chi connectivity index (χ1v) is 10.1. The fourth-order valence-electron chi connectivity index (χ4n) is 2.42. The van der Waals surface area contributed by atoms with Crippen LogP contribution in [0.2, 0.25) is 0 Å². The summed E-state index contributed by atoms with van der Waals surface area (Å²) >= 11 is 3.34. The van der Waals surface area contributed by atoms with Gasteiger partial charge in [0, 0.05) is 10.5 Å². The third-order valence-electron chi connectivity index (χ3n) is 3.91. The predicted octanol–water partition coefficient (Wildman–Crippen LogP) is 4.20. The second-order valence-electron chi connectivity index (χ2n) is 6.22. The van der Waals surface area contributed by atoms with E-state index in [0.717, 1.165) is 4.47 Å². The van der Waals surface area contributed by atoms with Crippen molar-refractivity contribution in [1.29, 1.82) is 0 Å². The van der Waals surface area contributed by atoms with Gasteiger partial charge in [-0.2, -0.15) is 5.10 Å². The zero-order valence-electron chi connectivity index (χ0n) is 17.0. The molecule has 0 bridgehead atoms. The molecule has 0 atom stereocenters. The lowest BCUT2D eigenvalue weighted by molar-refractivity contribution is -0.129. The lowest BCUT2D eigenvalue weighted by atomic mass is 10.2. The average molecular weight is 499 g/mol. The van der Waals surface area contributed by atoms with E-state index in [1.807, 2.05) is 0 Å². The number of esters is 1. The monoisotopic (exact) mass is 498 g/mol. The molecule has 0 aliphatic rings. The average Bonchev–Trinajstić information content (AvgIpc) is 3.32. The Kier molecular flexibility index (Phi) is 8.22. The van der Waals surface area contributed by atoms with Crippen molar-refractivity contribution in [2.24, 2.45) is 5.10 Å². The maximum absolute atomic E-state index is 11.9. The molecule has 0 aliphatic carbocycles. The van der Waals surface area contributed by atoms with Gasteiger partial charge < -0.3 is 18.6 Å². The first-order valence-electron chi connectivity index (χ1n) is 9.35. The first kappa shape index (κ1) is 22.8. The van der Waals surface area contributed by atoms with Crippen LogP contribution in [-0.4, -0.2) is 31.8 Å². The number of nitrogens with one attached hydrogen (secondary N) is 1. The van der Waals surface area contributed by atoms with E-state index >= 15 is 0 Å². The highest BCUT2D eigenvalue weighted by atomic mass is 79.9. The van der Waals surface area contributed by atoms with E-state index in [4.69, 9.17) is 18.6 Å². The van der Waals surface area contributed by atoms with E-state index in [0.29, 0.717) is 28.6 Å². The summed E-state index contributed by atoms with van der Waals surface area (Å²) in [6.45, 7) is -0.226. The van der Waals surface area contributed by atoms with Crippen molar-refractivity contribution in [1.82, 2.24) is 5.43 Å². The highest BCUT2D eigenvalue weighted by Crippen LogP contribution is 2.30. The lowest BCUT2D eigenvalue weighted by Gasteiger charge is -2.10. The molecular formula is C23H19BrN2O6. The van der Waals surface area contributed by atoms with E-state index < -0.39 is 11.9 Å². The molecule has 0 aliphatic heterocycles. The van der Waals surface area contributed by atoms with Crippen LogP contribution in [-0.2, 0) is 9.59 Å². The highest BCUT2D eigenvalue weighted by Gasteiger charge is 2.07. The number of rotatable bonds is 9. The van der Waals surface area contributed by atoms with Crippen LogP contribution in [0, 0.1) is 0 Å². The number of hydrogen-bond acceptors (Lipinski definition) is 7. The molecular weight excluding hydrogens is 480 g/mol. The SMILES string of the molecule is COc1cc(Br)ccc1OCC(=O)N/N=C/c1ccc(OC(=O)/C=C/c2ccco2)cc1. The number of carbonyl (C=O) groups excluding carboxylic acids is 2. The van der Waals surface area contributed by atoms with Crippen molar-refractivity contribution in [2.45, 2.75) is 0 Å². The van der Waals surface area contributed by atoms with Crippen molar-refractivity contribution >= 4 is 40.1 Å². The van der Waals surface area contributed by atoms with E-state index in [-0.39, 0.29) is 6.61 Å². The van der Waals surface area contributed by atoms with Crippen LogP contribution >= 0.6 is 15.9 Å². The van der Waals surface area contributed by atoms with Gasteiger partial charge in [0.05, 0.1) is 19.6 Å². The van der Waals surface area contributed by atoms with Gasteiger partial charge in [-0.25, -0.2) is 10.2 Å². The maximum Gasteiger partial charge on any atom is 0.336 e. The third-order valence-corrected chi connectivity index (χ3v) is 4.41. The van der Waals surface area contributed by atoms with Crippen molar-refractivity contribution in [3.8, 4) is 17.2 Å². The number of furan rings is 1. The molecule has 2 aromatic carbocycles. The molecule has 0 fully saturated rings. The molecule has 0 saturated heterocycles. The molecule has 1 amide bonds. The predicted molar refractivity (Wildman–Crippen MR) is 122 cm³/mol. The molecule has 1 N–H and O–H groups in total. The minimum Gasteiger partial charge on any atom is -0.493 e. The molecule has 8 nitrogen and oxygen atoms in total. The van der Waals surface area contributed by atoms with Gasteiger partial charge in [0.25, 0.3) is 5.91 Å². The van der Waals surface area contributed by atoms with Gasteiger partial charge >= 0.3 is 5.97 Å². The van der Waals surface area contributed by atoms with E-state index in [2.05, 4.69) is 26.5 Å². The lowest BCUT2D eigenvalue weighted by Crippen LogP contribution is -2.24. The number of ether oxygens (including phenoxy) is 3. The second kappa shape index (κ2) is 11.5. The Morgan fingerprint density at radius 2 is 1.94 bits per heavy atom. The number of amides is 1. The Balaban J connectivity index is 1.44. The van der Waals surface area contributed by atoms with Crippen LogP contribution in [0.15, 0.2) is 80.9 Å². The maximum atomic E-state index is 11.9. The highest BCUT2D eigenvalue weighted by molar-refractivity contribution is 9.10. The van der Waals surface area contributed by atoms with E-state index in [1.54, 1.807) is 54.6 Å². The van der Waals surface area contributed by atoms with E-state index in [9.17, 15) is 9.59 Å². The fourth-order valence-corrected chi connectivity index (χ4v) is 2.76. The molecule has 32 heavy (non-hydrogen) atoms. The Bertz CT molecular complexity index is 1110.